The van der Waals surface area contributed by atoms with Gasteiger partial charge >= 0.3 is 6.09 Å². The second kappa shape index (κ2) is 10.2. The Hall–Kier alpha value is -2.57. The summed E-state index contributed by atoms with van der Waals surface area (Å²) < 4.78 is 10.1. The highest BCUT2D eigenvalue weighted by Gasteiger charge is 2.05. The maximum Gasteiger partial charge on any atom is 0.428 e. The van der Waals surface area contributed by atoms with Crippen LogP contribution in [0.5, 0.6) is 5.75 Å². The van der Waals surface area contributed by atoms with Crippen molar-refractivity contribution in [1.82, 2.24) is 10.7 Å². The number of hydrogen-bond donors (Lipinski definition) is 2. The predicted molar refractivity (Wildman–Crippen MR) is 87.3 cm³/mol. The molecule has 0 fully saturated rings. The van der Waals surface area contributed by atoms with Crippen molar-refractivity contribution in [2.45, 2.75) is 33.3 Å². The van der Waals surface area contributed by atoms with Gasteiger partial charge in [0.25, 0.3) is 0 Å². The second-order valence-corrected chi connectivity index (χ2v) is 4.91. The van der Waals surface area contributed by atoms with Gasteiger partial charge in [-0.3, -0.25) is 4.79 Å². The van der Waals surface area contributed by atoms with Crippen LogP contribution in [0.2, 0.25) is 0 Å². The Labute approximate surface area is 136 Å². The van der Waals surface area contributed by atoms with E-state index in [2.05, 4.69) is 15.8 Å². The van der Waals surface area contributed by atoms with E-state index in [0.717, 1.165) is 17.7 Å². The third-order valence-electron chi connectivity index (χ3n) is 2.86. The number of carbonyl (C=O) groups is 2. The van der Waals surface area contributed by atoms with Crippen LogP contribution in [-0.4, -0.2) is 31.4 Å². The number of nitrogens with one attached hydrogen (secondary N) is 2. The van der Waals surface area contributed by atoms with E-state index in [-0.39, 0.29) is 18.9 Å². The fourth-order valence-corrected chi connectivity index (χ4v) is 1.64. The molecule has 0 radical (unpaired) electrons. The van der Waals surface area contributed by atoms with Gasteiger partial charge in [-0.15, -0.1) is 0 Å². The molecule has 0 aliphatic carbocycles. The van der Waals surface area contributed by atoms with E-state index >= 15 is 0 Å². The molecule has 7 heteroatoms. The van der Waals surface area contributed by atoms with Crippen LogP contribution in [-0.2, 0) is 16.1 Å². The van der Waals surface area contributed by atoms with Gasteiger partial charge in [0.2, 0.25) is 5.91 Å². The normalized spacial score (nSPS) is 10.8. The Morgan fingerprint density at radius 3 is 2.52 bits per heavy atom. The summed E-state index contributed by atoms with van der Waals surface area (Å²) in [7, 11) is 1.59. The monoisotopic (exact) mass is 321 g/mol. The number of nitrogens with zero attached hydrogens (tertiary/aromatic N) is 1. The van der Waals surface area contributed by atoms with Crippen molar-refractivity contribution < 1.29 is 19.1 Å². The van der Waals surface area contributed by atoms with Crippen molar-refractivity contribution in [2.75, 3.05) is 13.7 Å². The fourth-order valence-electron chi connectivity index (χ4n) is 1.64. The van der Waals surface area contributed by atoms with E-state index in [1.807, 2.05) is 6.92 Å². The lowest BCUT2D eigenvalue weighted by Crippen LogP contribution is -2.27. The Morgan fingerprint density at radius 1 is 1.22 bits per heavy atom. The fraction of sp³-hybridized carbons (Fsp3) is 0.438. The van der Waals surface area contributed by atoms with Crippen molar-refractivity contribution in [1.29, 1.82) is 0 Å². The first kappa shape index (κ1) is 18.5. The molecule has 2 amide bonds. The first-order valence-corrected chi connectivity index (χ1v) is 7.40. The Morgan fingerprint density at radius 2 is 1.91 bits per heavy atom. The summed E-state index contributed by atoms with van der Waals surface area (Å²) in [5.74, 6) is 0.612. The number of rotatable bonds is 8. The standard InChI is InChI=1S/C16H23N3O4/c1-4-9-17-15(20)10-12(2)18-19-16(21)23-11-13-5-7-14(22-3)8-6-13/h5-8H,4,9-11H2,1-3H3,(H,17,20)(H,19,21). The number of hydrogen-bond acceptors (Lipinski definition) is 5. The number of benzene rings is 1. The van der Waals surface area contributed by atoms with Gasteiger partial charge in [0.15, 0.2) is 0 Å². The van der Waals surface area contributed by atoms with Crippen LogP contribution in [0.15, 0.2) is 29.4 Å². The first-order valence-electron chi connectivity index (χ1n) is 7.40. The topological polar surface area (TPSA) is 89.0 Å². The first-order chi connectivity index (χ1) is 11.0. The Bertz CT molecular complexity index is 541. The van der Waals surface area contributed by atoms with Gasteiger partial charge in [-0.2, -0.15) is 5.10 Å². The van der Waals surface area contributed by atoms with Crippen LogP contribution in [0.1, 0.15) is 32.3 Å². The zero-order valence-electron chi connectivity index (χ0n) is 13.7. The molecule has 0 bridgehead atoms. The minimum Gasteiger partial charge on any atom is -0.497 e. The molecule has 0 aromatic heterocycles. The van der Waals surface area contributed by atoms with Crippen molar-refractivity contribution >= 4 is 17.7 Å². The SMILES string of the molecule is CCCNC(=O)CC(C)=NNC(=O)OCc1ccc(OC)cc1. The molecule has 0 unspecified atom stereocenters. The minimum absolute atomic E-state index is 0.124. The number of ether oxygens (including phenoxy) is 2. The zero-order valence-corrected chi connectivity index (χ0v) is 13.7. The lowest BCUT2D eigenvalue weighted by atomic mass is 10.2. The van der Waals surface area contributed by atoms with Crippen molar-refractivity contribution in [2.24, 2.45) is 5.10 Å². The molecule has 126 valence electrons. The molecule has 0 aliphatic rings. The van der Waals surface area contributed by atoms with E-state index in [1.165, 1.54) is 0 Å². The van der Waals surface area contributed by atoms with Gasteiger partial charge in [0, 0.05) is 12.3 Å². The molecule has 0 spiro atoms. The van der Waals surface area contributed by atoms with Gasteiger partial charge < -0.3 is 14.8 Å². The lowest BCUT2D eigenvalue weighted by Gasteiger charge is -2.06. The summed E-state index contributed by atoms with van der Waals surface area (Å²) >= 11 is 0. The Balaban J connectivity index is 2.32. The lowest BCUT2D eigenvalue weighted by molar-refractivity contribution is -0.119. The average Bonchev–Trinajstić information content (AvgIpc) is 2.56. The summed E-state index contributed by atoms with van der Waals surface area (Å²) in [6.45, 7) is 4.39. The largest absolute Gasteiger partial charge is 0.497 e. The summed E-state index contributed by atoms with van der Waals surface area (Å²) in [6.07, 6.45) is 0.338. The van der Waals surface area contributed by atoms with Gasteiger partial charge in [0.05, 0.1) is 13.5 Å². The maximum absolute atomic E-state index is 11.5. The van der Waals surface area contributed by atoms with Crippen LogP contribution < -0.4 is 15.5 Å². The molecule has 2 N–H and O–H groups in total. The highest BCUT2D eigenvalue weighted by molar-refractivity contribution is 5.99. The number of hydrazone groups is 1. The highest BCUT2D eigenvalue weighted by Crippen LogP contribution is 2.11. The minimum atomic E-state index is -0.672. The molecule has 0 saturated heterocycles. The molecule has 0 heterocycles. The molecule has 7 nitrogen and oxygen atoms in total. The molecular weight excluding hydrogens is 298 g/mol. The van der Waals surface area contributed by atoms with Crippen LogP contribution >= 0.6 is 0 Å². The molecule has 23 heavy (non-hydrogen) atoms. The molecule has 0 atom stereocenters. The smallest absolute Gasteiger partial charge is 0.428 e. The quantitative estimate of drug-likeness (QED) is 0.567. The van der Waals surface area contributed by atoms with Crippen LogP contribution in [0, 0.1) is 0 Å². The van der Waals surface area contributed by atoms with E-state index < -0.39 is 6.09 Å². The average molecular weight is 321 g/mol. The highest BCUT2D eigenvalue weighted by atomic mass is 16.6. The van der Waals surface area contributed by atoms with Crippen LogP contribution in [0.3, 0.4) is 0 Å². The number of carbonyl (C=O) groups excluding carboxylic acids is 2. The summed E-state index contributed by atoms with van der Waals surface area (Å²) in [6, 6.07) is 7.18. The summed E-state index contributed by atoms with van der Waals surface area (Å²) in [5.41, 5.74) is 3.59. The summed E-state index contributed by atoms with van der Waals surface area (Å²) in [5, 5.41) is 6.56. The molecule has 0 aliphatic heterocycles. The van der Waals surface area contributed by atoms with Crippen molar-refractivity contribution in [3.8, 4) is 5.75 Å². The molecule has 0 saturated carbocycles. The van der Waals surface area contributed by atoms with E-state index in [1.54, 1.807) is 38.3 Å². The molecule has 1 rings (SSSR count). The van der Waals surface area contributed by atoms with E-state index in [4.69, 9.17) is 9.47 Å². The van der Waals surface area contributed by atoms with Crippen LogP contribution in [0.4, 0.5) is 4.79 Å². The maximum atomic E-state index is 11.5. The Kier molecular flexibility index (Phi) is 8.20. The van der Waals surface area contributed by atoms with Crippen molar-refractivity contribution in [3.63, 3.8) is 0 Å². The number of methoxy groups -OCH3 is 1. The zero-order chi connectivity index (χ0) is 17.1. The molecule has 1 aromatic carbocycles. The van der Waals surface area contributed by atoms with Gasteiger partial charge in [0.1, 0.15) is 12.4 Å². The number of amides is 2. The third kappa shape index (κ3) is 7.85. The van der Waals surface area contributed by atoms with Gasteiger partial charge in [-0.05, 0) is 31.0 Å². The summed E-state index contributed by atoms with van der Waals surface area (Å²) in [4.78, 5) is 23.0. The van der Waals surface area contributed by atoms with E-state index in [9.17, 15) is 9.59 Å². The van der Waals surface area contributed by atoms with Crippen molar-refractivity contribution in [3.05, 3.63) is 29.8 Å². The van der Waals surface area contributed by atoms with Gasteiger partial charge in [-0.1, -0.05) is 19.1 Å². The van der Waals surface area contributed by atoms with Gasteiger partial charge in [-0.25, -0.2) is 10.2 Å². The molecular formula is C16H23N3O4. The molecule has 1 aromatic rings. The van der Waals surface area contributed by atoms with Crippen LogP contribution in [0.25, 0.3) is 0 Å². The third-order valence-corrected chi connectivity index (χ3v) is 2.86. The van der Waals surface area contributed by atoms with E-state index in [0.29, 0.717) is 12.3 Å². The second-order valence-electron chi connectivity index (χ2n) is 4.91. The predicted octanol–water partition coefficient (Wildman–Crippen LogP) is 2.21.